The Hall–Kier alpha value is -2.04. The Morgan fingerprint density at radius 2 is 1.09 bits per heavy atom. The SMILES string of the molecule is C[Si](Oc1ccccc1)(Oc1ccccc1)c1ccc(Br)cc1. The van der Waals surface area contributed by atoms with E-state index in [1.807, 2.05) is 72.8 Å². The fourth-order valence-corrected chi connectivity index (χ4v) is 4.80. The second-order valence-electron chi connectivity index (χ2n) is 5.28. The number of hydrogen-bond acceptors (Lipinski definition) is 2. The molecule has 0 heterocycles. The molecule has 0 fully saturated rings. The van der Waals surface area contributed by atoms with E-state index in [0.29, 0.717) is 0 Å². The molecule has 0 N–H and O–H groups in total. The Kier molecular flexibility index (Phi) is 4.84. The number of halogens is 1. The third-order valence-corrected chi connectivity index (χ3v) is 6.64. The van der Waals surface area contributed by atoms with Crippen LogP contribution in [-0.2, 0) is 0 Å². The lowest BCUT2D eigenvalue weighted by Crippen LogP contribution is -2.56. The summed E-state index contributed by atoms with van der Waals surface area (Å²) < 4.78 is 13.7. The van der Waals surface area contributed by atoms with Crippen LogP contribution >= 0.6 is 15.9 Å². The number of para-hydroxylation sites is 2. The van der Waals surface area contributed by atoms with Crippen LogP contribution in [0.3, 0.4) is 0 Å². The van der Waals surface area contributed by atoms with Crippen LogP contribution < -0.4 is 14.0 Å². The van der Waals surface area contributed by atoms with Gasteiger partial charge in [0.15, 0.2) is 0 Å². The smallest absolute Gasteiger partial charge is 0.492 e. The lowest BCUT2D eigenvalue weighted by Gasteiger charge is -2.28. The first-order chi connectivity index (χ1) is 11.2. The normalized spacial score (nSPS) is 11.0. The maximum absolute atomic E-state index is 6.33. The summed E-state index contributed by atoms with van der Waals surface area (Å²) in [6, 6.07) is 27.8. The van der Waals surface area contributed by atoms with Crippen LogP contribution in [0.4, 0.5) is 0 Å². The number of hydrogen-bond donors (Lipinski definition) is 0. The van der Waals surface area contributed by atoms with E-state index in [0.717, 1.165) is 21.2 Å². The third-order valence-electron chi connectivity index (χ3n) is 3.48. The number of rotatable bonds is 5. The molecule has 3 aromatic rings. The van der Waals surface area contributed by atoms with Gasteiger partial charge in [-0.25, -0.2) is 0 Å². The van der Waals surface area contributed by atoms with Crippen LogP contribution in [0.25, 0.3) is 0 Å². The van der Waals surface area contributed by atoms with Crippen molar-refractivity contribution in [2.75, 3.05) is 0 Å². The fraction of sp³-hybridized carbons (Fsp3) is 0.0526. The third kappa shape index (κ3) is 4.03. The molecule has 0 saturated heterocycles. The van der Waals surface area contributed by atoms with Crippen LogP contribution in [0.15, 0.2) is 89.4 Å². The Morgan fingerprint density at radius 1 is 0.652 bits per heavy atom. The van der Waals surface area contributed by atoms with Gasteiger partial charge in [0.25, 0.3) is 0 Å². The minimum atomic E-state index is -2.65. The minimum Gasteiger partial charge on any atom is -0.509 e. The summed E-state index contributed by atoms with van der Waals surface area (Å²) in [5.41, 5.74) is 0. The topological polar surface area (TPSA) is 18.5 Å². The first-order valence-corrected chi connectivity index (χ1v) is 10.5. The van der Waals surface area contributed by atoms with Crippen molar-refractivity contribution in [1.82, 2.24) is 0 Å². The fourth-order valence-electron chi connectivity index (χ4n) is 2.32. The highest BCUT2D eigenvalue weighted by atomic mass is 79.9. The zero-order chi connectivity index (χ0) is 16.1. The van der Waals surface area contributed by atoms with Crippen LogP contribution in [0.1, 0.15) is 0 Å². The summed E-state index contributed by atoms with van der Waals surface area (Å²) in [4.78, 5) is 0. The van der Waals surface area contributed by atoms with E-state index in [-0.39, 0.29) is 0 Å². The summed E-state index contributed by atoms with van der Waals surface area (Å²) in [6.07, 6.45) is 0. The van der Waals surface area contributed by atoms with E-state index in [1.54, 1.807) is 0 Å². The predicted octanol–water partition coefficient (Wildman–Crippen LogP) is 4.89. The molecule has 0 aliphatic heterocycles. The predicted molar refractivity (Wildman–Crippen MR) is 99.5 cm³/mol. The summed E-state index contributed by atoms with van der Waals surface area (Å²) in [5, 5.41) is 1.08. The van der Waals surface area contributed by atoms with Crippen molar-refractivity contribution in [3.05, 3.63) is 89.4 Å². The van der Waals surface area contributed by atoms with E-state index in [2.05, 4.69) is 34.6 Å². The lowest BCUT2D eigenvalue weighted by molar-refractivity contribution is 0.408. The first-order valence-electron chi connectivity index (χ1n) is 7.40. The summed E-state index contributed by atoms with van der Waals surface area (Å²) in [5.74, 6) is 1.64. The molecule has 2 nitrogen and oxygen atoms in total. The minimum absolute atomic E-state index is 0.820. The quantitative estimate of drug-likeness (QED) is 0.583. The molecular formula is C19H17BrO2Si. The highest BCUT2D eigenvalue weighted by molar-refractivity contribution is 9.10. The van der Waals surface area contributed by atoms with Crippen molar-refractivity contribution in [1.29, 1.82) is 0 Å². The molecule has 3 aromatic carbocycles. The van der Waals surface area contributed by atoms with Gasteiger partial charge < -0.3 is 8.85 Å². The van der Waals surface area contributed by atoms with Crippen molar-refractivity contribution in [3.8, 4) is 11.5 Å². The van der Waals surface area contributed by atoms with Gasteiger partial charge in [-0.15, -0.1) is 0 Å². The molecule has 0 aliphatic rings. The van der Waals surface area contributed by atoms with Crippen molar-refractivity contribution >= 4 is 29.7 Å². The maximum Gasteiger partial charge on any atom is 0.492 e. The molecule has 23 heavy (non-hydrogen) atoms. The highest BCUT2D eigenvalue weighted by Gasteiger charge is 2.39. The van der Waals surface area contributed by atoms with Gasteiger partial charge in [0.2, 0.25) is 0 Å². The first kappa shape index (κ1) is 15.8. The molecule has 3 rings (SSSR count). The van der Waals surface area contributed by atoms with E-state index in [9.17, 15) is 0 Å². The van der Waals surface area contributed by atoms with Crippen molar-refractivity contribution in [3.63, 3.8) is 0 Å². The Balaban J connectivity index is 1.96. The van der Waals surface area contributed by atoms with Gasteiger partial charge in [0.05, 0.1) is 0 Å². The van der Waals surface area contributed by atoms with Crippen molar-refractivity contribution in [2.45, 2.75) is 6.55 Å². The van der Waals surface area contributed by atoms with Crippen LogP contribution in [0, 0.1) is 0 Å². The molecule has 0 radical (unpaired) electrons. The molecule has 0 aliphatic carbocycles. The molecule has 0 atom stereocenters. The van der Waals surface area contributed by atoms with E-state index in [1.165, 1.54) is 0 Å². The highest BCUT2D eigenvalue weighted by Crippen LogP contribution is 2.21. The van der Waals surface area contributed by atoms with Crippen LogP contribution in [-0.4, -0.2) is 8.56 Å². The average Bonchev–Trinajstić information content (AvgIpc) is 2.57. The standard InChI is InChI=1S/C19H17BrO2Si/c1-23(19-14-12-16(20)13-15-19,21-17-8-4-2-5-9-17)22-18-10-6-3-7-11-18/h2-15H,1H3. The van der Waals surface area contributed by atoms with Gasteiger partial charge >= 0.3 is 8.56 Å². The molecule has 0 bridgehead atoms. The molecule has 116 valence electrons. The maximum atomic E-state index is 6.33. The van der Waals surface area contributed by atoms with Gasteiger partial charge in [-0.3, -0.25) is 0 Å². The second kappa shape index (κ2) is 7.02. The van der Waals surface area contributed by atoms with Crippen LogP contribution in [0.2, 0.25) is 6.55 Å². The zero-order valence-corrected chi connectivity index (χ0v) is 15.4. The van der Waals surface area contributed by atoms with Gasteiger partial charge in [0.1, 0.15) is 11.5 Å². The summed E-state index contributed by atoms with van der Waals surface area (Å²) in [7, 11) is -2.65. The molecule has 0 spiro atoms. The largest absolute Gasteiger partial charge is 0.509 e. The molecule has 0 amide bonds. The monoisotopic (exact) mass is 384 g/mol. The van der Waals surface area contributed by atoms with E-state index >= 15 is 0 Å². The van der Waals surface area contributed by atoms with Crippen molar-refractivity contribution < 1.29 is 8.85 Å². The lowest BCUT2D eigenvalue weighted by atomic mass is 10.3. The summed E-state index contributed by atoms with van der Waals surface area (Å²) in [6.45, 7) is 2.07. The van der Waals surface area contributed by atoms with Gasteiger partial charge in [-0.1, -0.05) is 64.5 Å². The molecule has 0 aromatic heterocycles. The zero-order valence-electron chi connectivity index (χ0n) is 12.8. The Labute approximate surface area is 146 Å². The average molecular weight is 385 g/mol. The molecule has 0 unspecified atom stereocenters. The second-order valence-corrected chi connectivity index (χ2v) is 9.08. The van der Waals surface area contributed by atoms with E-state index in [4.69, 9.17) is 8.85 Å². The Morgan fingerprint density at radius 3 is 1.52 bits per heavy atom. The van der Waals surface area contributed by atoms with Gasteiger partial charge in [-0.05, 0) is 36.4 Å². The van der Waals surface area contributed by atoms with Crippen molar-refractivity contribution in [2.24, 2.45) is 0 Å². The van der Waals surface area contributed by atoms with Crippen LogP contribution in [0.5, 0.6) is 11.5 Å². The summed E-state index contributed by atoms with van der Waals surface area (Å²) >= 11 is 3.48. The molecule has 0 saturated carbocycles. The van der Waals surface area contributed by atoms with Gasteiger partial charge in [0, 0.05) is 16.2 Å². The van der Waals surface area contributed by atoms with E-state index < -0.39 is 8.56 Å². The van der Waals surface area contributed by atoms with Gasteiger partial charge in [-0.2, -0.15) is 0 Å². The molecular weight excluding hydrogens is 368 g/mol. The Bertz CT molecular complexity index is 704. The molecule has 4 heteroatoms. The number of benzene rings is 3.